The van der Waals surface area contributed by atoms with Crippen LogP contribution in [0, 0.1) is 0 Å². The molecular weight excluding hydrogens is 268 g/mol. The average Bonchev–Trinajstić information content (AvgIpc) is 3.20. The minimum absolute atomic E-state index is 0.0254. The summed E-state index contributed by atoms with van der Waals surface area (Å²) in [5.41, 5.74) is 0. The molecule has 3 rings (SSSR count). The Bertz CT molecular complexity index is 476. The van der Waals surface area contributed by atoms with E-state index in [0.717, 1.165) is 38.1 Å². The molecule has 0 aromatic carbocycles. The lowest BCUT2D eigenvalue weighted by Crippen LogP contribution is -2.41. The van der Waals surface area contributed by atoms with E-state index in [4.69, 9.17) is 4.52 Å². The van der Waals surface area contributed by atoms with E-state index >= 15 is 0 Å². The summed E-state index contributed by atoms with van der Waals surface area (Å²) in [4.78, 5) is 16.6. The molecule has 21 heavy (non-hydrogen) atoms. The van der Waals surface area contributed by atoms with Gasteiger partial charge in [-0.05, 0) is 39.2 Å². The first-order valence-corrected chi connectivity index (χ1v) is 8.11. The predicted molar refractivity (Wildman–Crippen MR) is 77.7 cm³/mol. The van der Waals surface area contributed by atoms with E-state index in [2.05, 4.69) is 20.8 Å². The van der Waals surface area contributed by atoms with E-state index in [1.54, 1.807) is 0 Å². The molecule has 6 nitrogen and oxygen atoms in total. The maximum absolute atomic E-state index is 12.1. The molecule has 2 heterocycles. The summed E-state index contributed by atoms with van der Waals surface area (Å²) in [6.45, 7) is 2.81. The highest BCUT2D eigenvalue weighted by Gasteiger charge is 2.26. The van der Waals surface area contributed by atoms with Crippen LogP contribution in [0.1, 0.15) is 75.5 Å². The smallest absolute Gasteiger partial charge is 0.248 e. The molecule has 2 unspecified atom stereocenters. The van der Waals surface area contributed by atoms with Gasteiger partial charge in [-0.1, -0.05) is 24.4 Å². The molecule has 2 fully saturated rings. The van der Waals surface area contributed by atoms with Crippen LogP contribution in [0.3, 0.4) is 0 Å². The molecule has 2 N–H and O–H groups in total. The Morgan fingerprint density at radius 3 is 2.81 bits per heavy atom. The van der Waals surface area contributed by atoms with Crippen LogP contribution >= 0.6 is 0 Å². The zero-order valence-corrected chi connectivity index (χ0v) is 12.6. The number of nitrogens with zero attached hydrogens (tertiary/aromatic N) is 2. The van der Waals surface area contributed by atoms with Crippen molar-refractivity contribution in [3.63, 3.8) is 0 Å². The molecule has 1 aliphatic heterocycles. The summed E-state index contributed by atoms with van der Waals surface area (Å²) in [5.74, 6) is 1.78. The van der Waals surface area contributed by atoms with E-state index in [-0.39, 0.29) is 18.0 Å². The monoisotopic (exact) mass is 292 g/mol. The second-order valence-electron chi connectivity index (χ2n) is 6.20. The molecule has 1 aliphatic carbocycles. The van der Waals surface area contributed by atoms with Crippen molar-refractivity contribution in [2.45, 2.75) is 69.9 Å². The van der Waals surface area contributed by atoms with Crippen molar-refractivity contribution in [3.05, 3.63) is 11.7 Å². The molecule has 2 atom stereocenters. The standard InChI is InChI=1S/C15H24N4O2/c1-10(17-14(20)12-8-5-9-16-12)15-18-13(19-21-15)11-6-3-2-4-7-11/h10-12,16H,2-9H2,1H3,(H,17,20). The van der Waals surface area contributed by atoms with Crippen molar-refractivity contribution in [2.75, 3.05) is 6.54 Å². The van der Waals surface area contributed by atoms with E-state index in [1.165, 1.54) is 19.3 Å². The maximum atomic E-state index is 12.1. The molecule has 1 saturated carbocycles. The van der Waals surface area contributed by atoms with Gasteiger partial charge in [0.05, 0.1) is 6.04 Å². The molecular formula is C15H24N4O2. The summed E-state index contributed by atoms with van der Waals surface area (Å²) in [6.07, 6.45) is 8.04. The zero-order chi connectivity index (χ0) is 14.7. The number of hydrogen-bond acceptors (Lipinski definition) is 5. The number of carbonyl (C=O) groups is 1. The zero-order valence-electron chi connectivity index (χ0n) is 12.6. The Hall–Kier alpha value is -1.43. The Morgan fingerprint density at radius 1 is 1.29 bits per heavy atom. The van der Waals surface area contributed by atoms with Gasteiger partial charge in [0.1, 0.15) is 6.04 Å². The topological polar surface area (TPSA) is 80.0 Å². The van der Waals surface area contributed by atoms with E-state index in [0.29, 0.717) is 11.8 Å². The summed E-state index contributed by atoms with van der Waals surface area (Å²) < 4.78 is 5.35. The van der Waals surface area contributed by atoms with Crippen LogP contribution in [0.2, 0.25) is 0 Å². The van der Waals surface area contributed by atoms with Crippen LogP contribution < -0.4 is 10.6 Å². The van der Waals surface area contributed by atoms with Crippen molar-refractivity contribution in [1.29, 1.82) is 0 Å². The summed E-state index contributed by atoms with van der Waals surface area (Å²) in [5, 5.41) is 10.3. The Morgan fingerprint density at radius 2 is 2.10 bits per heavy atom. The number of aromatic nitrogens is 2. The molecule has 6 heteroatoms. The average molecular weight is 292 g/mol. The Labute approximate surface area is 125 Å². The van der Waals surface area contributed by atoms with Crippen LogP contribution in [0.4, 0.5) is 0 Å². The van der Waals surface area contributed by atoms with Crippen molar-refractivity contribution in [3.8, 4) is 0 Å². The third-order valence-electron chi connectivity index (χ3n) is 4.53. The summed E-state index contributed by atoms with van der Waals surface area (Å²) >= 11 is 0. The first-order valence-electron chi connectivity index (χ1n) is 8.11. The minimum Gasteiger partial charge on any atom is -0.343 e. The molecule has 0 bridgehead atoms. The highest BCUT2D eigenvalue weighted by atomic mass is 16.5. The second kappa shape index (κ2) is 6.56. The SMILES string of the molecule is CC(NC(=O)C1CCCN1)c1nc(C2CCCCC2)no1. The van der Waals surface area contributed by atoms with Gasteiger partial charge in [-0.2, -0.15) is 4.98 Å². The number of hydrogen-bond donors (Lipinski definition) is 2. The molecule has 116 valence electrons. The molecule has 2 aliphatic rings. The first kappa shape index (κ1) is 14.5. The van der Waals surface area contributed by atoms with Crippen LogP contribution in [-0.4, -0.2) is 28.6 Å². The van der Waals surface area contributed by atoms with Gasteiger partial charge < -0.3 is 15.2 Å². The molecule has 0 spiro atoms. The Kier molecular flexibility index (Phi) is 4.53. The summed E-state index contributed by atoms with van der Waals surface area (Å²) in [7, 11) is 0. The van der Waals surface area contributed by atoms with Gasteiger partial charge >= 0.3 is 0 Å². The van der Waals surface area contributed by atoms with Gasteiger partial charge in [-0.25, -0.2) is 0 Å². The van der Waals surface area contributed by atoms with Gasteiger partial charge in [-0.15, -0.1) is 0 Å². The molecule has 1 saturated heterocycles. The first-order chi connectivity index (χ1) is 10.2. The lowest BCUT2D eigenvalue weighted by Gasteiger charge is -2.17. The number of amides is 1. The summed E-state index contributed by atoms with van der Waals surface area (Å²) in [6, 6.07) is -0.307. The van der Waals surface area contributed by atoms with Gasteiger partial charge in [0.2, 0.25) is 11.8 Å². The lowest BCUT2D eigenvalue weighted by atomic mass is 9.89. The number of rotatable bonds is 4. The fourth-order valence-corrected chi connectivity index (χ4v) is 3.23. The fraction of sp³-hybridized carbons (Fsp3) is 0.800. The van der Waals surface area contributed by atoms with Crippen LogP contribution in [0.5, 0.6) is 0 Å². The maximum Gasteiger partial charge on any atom is 0.248 e. The highest BCUT2D eigenvalue weighted by Crippen LogP contribution is 2.31. The van der Waals surface area contributed by atoms with E-state index < -0.39 is 0 Å². The van der Waals surface area contributed by atoms with Crippen LogP contribution in [0.15, 0.2) is 4.52 Å². The van der Waals surface area contributed by atoms with Gasteiger partial charge in [0.25, 0.3) is 0 Å². The predicted octanol–water partition coefficient (Wildman–Crippen LogP) is 2.05. The molecule has 1 aromatic heterocycles. The molecule has 1 aromatic rings. The van der Waals surface area contributed by atoms with E-state index in [1.807, 2.05) is 6.92 Å². The van der Waals surface area contributed by atoms with Gasteiger partial charge in [0.15, 0.2) is 5.82 Å². The third kappa shape index (κ3) is 3.43. The van der Waals surface area contributed by atoms with Crippen molar-refractivity contribution in [2.24, 2.45) is 0 Å². The van der Waals surface area contributed by atoms with Crippen LogP contribution in [0.25, 0.3) is 0 Å². The van der Waals surface area contributed by atoms with Crippen LogP contribution in [-0.2, 0) is 4.79 Å². The molecule has 1 amide bonds. The van der Waals surface area contributed by atoms with Gasteiger partial charge in [-0.3, -0.25) is 4.79 Å². The highest BCUT2D eigenvalue weighted by molar-refractivity contribution is 5.82. The Balaban J connectivity index is 1.58. The fourth-order valence-electron chi connectivity index (χ4n) is 3.23. The van der Waals surface area contributed by atoms with Gasteiger partial charge in [0, 0.05) is 5.92 Å². The normalized spacial score (nSPS) is 24.9. The largest absolute Gasteiger partial charge is 0.343 e. The number of nitrogens with one attached hydrogen (secondary N) is 2. The van der Waals surface area contributed by atoms with Crippen molar-refractivity contribution >= 4 is 5.91 Å². The quantitative estimate of drug-likeness (QED) is 0.887. The lowest BCUT2D eigenvalue weighted by molar-refractivity contribution is -0.123. The van der Waals surface area contributed by atoms with Crippen molar-refractivity contribution < 1.29 is 9.32 Å². The minimum atomic E-state index is -0.232. The second-order valence-corrected chi connectivity index (χ2v) is 6.20. The molecule has 0 radical (unpaired) electrons. The third-order valence-corrected chi connectivity index (χ3v) is 4.53. The number of carbonyl (C=O) groups excluding carboxylic acids is 1. The van der Waals surface area contributed by atoms with Crippen molar-refractivity contribution in [1.82, 2.24) is 20.8 Å². The van der Waals surface area contributed by atoms with E-state index in [9.17, 15) is 4.79 Å².